The van der Waals surface area contributed by atoms with Crippen molar-refractivity contribution in [1.82, 2.24) is 0 Å². The van der Waals surface area contributed by atoms with Gasteiger partial charge in [-0.3, -0.25) is 4.99 Å². The van der Waals surface area contributed by atoms with Crippen LogP contribution in [0.25, 0.3) is 0 Å². The third kappa shape index (κ3) is 4.79. The lowest BCUT2D eigenvalue weighted by molar-refractivity contribution is -0.150. The van der Waals surface area contributed by atoms with Crippen LogP contribution in [0.5, 0.6) is 0 Å². The van der Waals surface area contributed by atoms with Crippen LogP contribution in [0, 0.1) is 5.82 Å². The first kappa shape index (κ1) is 21.9. The fourth-order valence-electron chi connectivity index (χ4n) is 3.66. The highest BCUT2D eigenvalue weighted by atomic mass is 19.1. The van der Waals surface area contributed by atoms with E-state index in [9.17, 15) is 9.18 Å². The molecule has 0 N–H and O–H groups in total. The second kappa shape index (κ2) is 9.89. The molecule has 3 atom stereocenters. The van der Waals surface area contributed by atoms with Gasteiger partial charge < -0.3 is 14.0 Å². The summed E-state index contributed by atoms with van der Waals surface area (Å²) in [7, 11) is 0.431. The topological polar surface area (TPSA) is 57.1 Å². The highest BCUT2D eigenvalue weighted by Crippen LogP contribution is 2.32. The van der Waals surface area contributed by atoms with Gasteiger partial charge in [-0.25, -0.2) is 9.18 Å². The second-order valence-corrected chi connectivity index (χ2v) is 7.52. The maximum Gasteiger partial charge on any atom is 0.495 e. The zero-order valence-electron chi connectivity index (χ0n) is 17.9. The summed E-state index contributed by atoms with van der Waals surface area (Å²) in [5.74, 6) is -0.930. The van der Waals surface area contributed by atoms with Crippen molar-refractivity contribution >= 4 is 24.8 Å². The molecule has 3 aromatic rings. The first-order valence-electron chi connectivity index (χ1n) is 10.4. The minimum absolute atomic E-state index is 0.113. The highest BCUT2D eigenvalue weighted by Gasteiger charge is 2.46. The van der Waals surface area contributed by atoms with E-state index in [-0.39, 0.29) is 6.04 Å². The number of hydrogen-bond acceptors (Lipinski definition) is 5. The van der Waals surface area contributed by atoms with Gasteiger partial charge in [0.2, 0.25) is 0 Å². The van der Waals surface area contributed by atoms with Crippen molar-refractivity contribution < 1.29 is 23.2 Å². The van der Waals surface area contributed by atoms with Gasteiger partial charge in [0.15, 0.2) is 6.10 Å². The molecule has 0 aliphatic carbocycles. The van der Waals surface area contributed by atoms with E-state index in [0.29, 0.717) is 11.0 Å². The summed E-state index contributed by atoms with van der Waals surface area (Å²) in [6, 6.07) is 23.4. The third-order valence-corrected chi connectivity index (χ3v) is 5.40. The molecule has 0 amide bonds. The Hall–Kier alpha value is -3.29. The summed E-state index contributed by atoms with van der Waals surface area (Å²) in [4.78, 5) is 17.0. The molecule has 162 valence electrons. The van der Waals surface area contributed by atoms with Gasteiger partial charge in [-0.05, 0) is 41.2 Å². The van der Waals surface area contributed by atoms with E-state index in [1.54, 1.807) is 12.3 Å². The van der Waals surface area contributed by atoms with Crippen LogP contribution in [0.2, 0.25) is 0 Å². The van der Waals surface area contributed by atoms with Crippen LogP contribution in [0.1, 0.15) is 35.8 Å². The summed E-state index contributed by atoms with van der Waals surface area (Å²) >= 11 is 0. The first-order chi connectivity index (χ1) is 15.6. The molecule has 1 aliphatic heterocycles. The number of methoxy groups -OCH3 is 1. The Balaban J connectivity index is 1.63. The molecular formula is C25H23BFNO4. The average molecular weight is 431 g/mol. The molecule has 32 heavy (non-hydrogen) atoms. The van der Waals surface area contributed by atoms with Crippen LogP contribution in [0.15, 0.2) is 83.9 Å². The zero-order chi connectivity index (χ0) is 22.5. The predicted molar refractivity (Wildman–Crippen MR) is 121 cm³/mol. The Kier molecular flexibility index (Phi) is 6.78. The summed E-state index contributed by atoms with van der Waals surface area (Å²) < 4.78 is 31.1. The molecular weight excluding hydrogens is 408 g/mol. The Labute approximate surface area is 187 Å². The minimum atomic E-state index is -0.939. The van der Waals surface area contributed by atoms with Gasteiger partial charge in [0.25, 0.3) is 0 Å². The molecule has 3 aromatic carbocycles. The fourth-order valence-corrected chi connectivity index (χ4v) is 3.66. The molecule has 1 saturated heterocycles. The largest absolute Gasteiger partial charge is 0.495 e. The molecule has 0 aromatic heterocycles. The maximum atomic E-state index is 14.1. The number of benzene rings is 3. The van der Waals surface area contributed by atoms with Crippen molar-refractivity contribution in [2.24, 2.45) is 4.99 Å². The molecule has 0 bridgehead atoms. The number of rotatable bonds is 6. The molecule has 1 aliphatic rings. The van der Waals surface area contributed by atoms with Crippen molar-refractivity contribution in [2.75, 3.05) is 7.11 Å². The Morgan fingerprint density at radius 2 is 1.75 bits per heavy atom. The Morgan fingerprint density at radius 3 is 2.44 bits per heavy atom. The second-order valence-electron chi connectivity index (χ2n) is 7.52. The molecule has 7 heteroatoms. The Bertz CT molecular complexity index is 1090. The standard InChI is InChI=1S/C25H23BFNO4/c1-17(18-9-5-3-6-10-18)28-16-20-15-21(27)13-14-22(20)26-31-23(19-11-7-4-8-12-19)24(32-26)25(29)30-2/h3-17,23-24H,1-2H3/t17?,23-,24+/m1/s1. The lowest BCUT2D eigenvalue weighted by Crippen LogP contribution is -2.36. The number of carbonyl (C=O) groups is 1. The monoisotopic (exact) mass is 431 g/mol. The van der Waals surface area contributed by atoms with Crippen LogP contribution < -0.4 is 5.46 Å². The van der Waals surface area contributed by atoms with Gasteiger partial charge in [-0.15, -0.1) is 0 Å². The van der Waals surface area contributed by atoms with Crippen LogP contribution in [-0.4, -0.2) is 32.5 Å². The van der Waals surface area contributed by atoms with Gasteiger partial charge in [-0.2, -0.15) is 0 Å². The molecule has 0 spiro atoms. The average Bonchev–Trinajstić information content (AvgIpc) is 3.28. The van der Waals surface area contributed by atoms with E-state index >= 15 is 0 Å². The van der Waals surface area contributed by atoms with Crippen molar-refractivity contribution in [3.8, 4) is 0 Å². The van der Waals surface area contributed by atoms with Crippen molar-refractivity contribution in [1.29, 1.82) is 0 Å². The number of aliphatic imine (C=N–C) groups is 1. The maximum absolute atomic E-state index is 14.1. The van der Waals surface area contributed by atoms with Gasteiger partial charge in [-0.1, -0.05) is 66.7 Å². The number of ether oxygens (including phenoxy) is 1. The number of halogens is 1. The van der Waals surface area contributed by atoms with Gasteiger partial charge in [0, 0.05) is 6.21 Å². The lowest BCUT2D eigenvalue weighted by atomic mass is 9.76. The molecule has 1 heterocycles. The number of nitrogens with zero attached hydrogens (tertiary/aromatic N) is 1. The van der Waals surface area contributed by atoms with Gasteiger partial charge >= 0.3 is 13.1 Å². The van der Waals surface area contributed by atoms with Crippen LogP contribution in [-0.2, 0) is 18.8 Å². The molecule has 4 rings (SSSR count). The van der Waals surface area contributed by atoms with Gasteiger partial charge in [0.1, 0.15) is 11.9 Å². The smallest absolute Gasteiger partial charge is 0.467 e. The summed E-state index contributed by atoms with van der Waals surface area (Å²) in [6.45, 7) is 1.96. The molecule has 1 fully saturated rings. The van der Waals surface area contributed by atoms with Crippen LogP contribution in [0.3, 0.4) is 0 Å². The summed E-state index contributed by atoms with van der Waals surface area (Å²) in [5.41, 5.74) is 2.95. The van der Waals surface area contributed by atoms with E-state index in [2.05, 4.69) is 4.99 Å². The molecule has 5 nitrogen and oxygen atoms in total. The zero-order valence-corrected chi connectivity index (χ0v) is 17.9. The first-order valence-corrected chi connectivity index (χ1v) is 10.4. The summed E-state index contributed by atoms with van der Waals surface area (Å²) in [6.07, 6.45) is 0.0309. The number of esters is 1. The van der Waals surface area contributed by atoms with Crippen LogP contribution in [0.4, 0.5) is 4.39 Å². The quantitative estimate of drug-likeness (QED) is 0.336. The van der Waals surface area contributed by atoms with E-state index in [4.69, 9.17) is 14.0 Å². The molecule has 0 radical (unpaired) electrons. The van der Waals surface area contributed by atoms with E-state index in [0.717, 1.165) is 11.1 Å². The predicted octanol–water partition coefficient (Wildman–Crippen LogP) is 4.03. The van der Waals surface area contributed by atoms with Crippen molar-refractivity contribution in [3.63, 3.8) is 0 Å². The van der Waals surface area contributed by atoms with Gasteiger partial charge in [0.05, 0.1) is 13.2 Å². The van der Waals surface area contributed by atoms with E-state index < -0.39 is 31.1 Å². The Morgan fingerprint density at radius 1 is 1.06 bits per heavy atom. The lowest BCUT2D eigenvalue weighted by Gasteiger charge is -2.16. The fraction of sp³-hybridized carbons (Fsp3) is 0.200. The van der Waals surface area contributed by atoms with Crippen LogP contribution >= 0.6 is 0 Å². The molecule has 1 unspecified atom stereocenters. The summed E-state index contributed by atoms with van der Waals surface area (Å²) in [5, 5.41) is 0. The normalized spacial score (nSPS) is 19.3. The van der Waals surface area contributed by atoms with Crippen molar-refractivity contribution in [3.05, 3.63) is 101 Å². The number of carbonyl (C=O) groups excluding carboxylic acids is 1. The van der Waals surface area contributed by atoms with Crippen molar-refractivity contribution in [2.45, 2.75) is 25.2 Å². The number of hydrogen-bond donors (Lipinski definition) is 0. The van der Waals surface area contributed by atoms with E-state index in [1.165, 1.54) is 19.2 Å². The highest BCUT2D eigenvalue weighted by molar-refractivity contribution is 6.63. The SMILES string of the molecule is COC(=O)[C@H]1OB(c2ccc(F)cc2C=NC(C)c2ccccc2)O[C@@H]1c1ccccc1. The minimum Gasteiger partial charge on any atom is -0.467 e. The third-order valence-electron chi connectivity index (χ3n) is 5.40. The molecule has 0 saturated carbocycles. The van der Waals surface area contributed by atoms with E-state index in [1.807, 2.05) is 67.6 Å².